The van der Waals surface area contributed by atoms with E-state index in [0.29, 0.717) is 31.8 Å². The van der Waals surface area contributed by atoms with Crippen LogP contribution in [0.15, 0.2) is 30.3 Å². The van der Waals surface area contributed by atoms with E-state index in [4.69, 9.17) is 4.74 Å². The molecule has 6 heteroatoms. The Morgan fingerprint density at radius 3 is 2.65 bits per heavy atom. The van der Waals surface area contributed by atoms with Gasteiger partial charge in [-0.1, -0.05) is 18.2 Å². The zero-order valence-electron chi connectivity index (χ0n) is 13.3. The first-order valence-corrected chi connectivity index (χ1v) is 7.70. The number of aromatic nitrogens is 2. The topological polar surface area (TPSA) is 64.4 Å². The van der Waals surface area contributed by atoms with Crippen LogP contribution in [0.3, 0.4) is 0 Å². The molecule has 0 bridgehead atoms. The van der Waals surface area contributed by atoms with Gasteiger partial charge in [-0.25, -0.2) is 9.48 Å². The molecule has 0 saturated carbocycles. The largest absolute Gasteiger partial charge is 0.461 e. The van der Waals surface area contributed by atoms with Crippen molar-refractivity contribution in [2.45, 2.75) is 26.8 Å². The first kappa shape index (κ1) is 15.3. The third kappa shape index (κ3) is 2.84. The van der Waals surface area contributed by atoms with Crippen molar-refractivity contribution in [1.29, 1.82) is 0 Å². The molecule has 1 amide bonds. The number of carbonyl (C=O) groups excluding carboxylic acids is 2. The molecule has 6 nitrogen and oxygen atoms in total. The van der Waals surface area contributed by atoms with E-state index in [1.165, 1.54) is 6.92 Å². The molecule has 0 N–H and O–H groups in total. The smallest absolute Gasteiger partial charge is 0.359 e. The highest BCUT2D eigenvalue weighted by Gasteiger charge is 2.30. The van der Waals surface area contributed by atoms with E-state index < -0.39 is 5.97 Å². The fourth-order valence-corrected chi connectivity index (χ4v) is 2.83. The van der Waals surface area contributed by atoms with Crippen LogP contribution in [0.25, 0.3) is 5.69 Å². The molecule has 120 valence electrons. The van der Waals surface area contributed by atoms with E-state index in [1.54, 1.807) is 16.5 Å². The van der Waals surface area contributed by atoms with Gasteiger partial charge in [0, 0.05) is 32.0 Å². The molecule has 1 aliphatic heterocycles. The van der Waals surface area contributed by atoms with Gasteiger partial charge in [0.25, 0.3) is 0 Å². The maximum absolute atomic E-state index is 12.2. The Balaban J connectivity index is 2.08. The van der Waals surface area contributed by atoms with Crippen molar-refractivity contribution in [3.05, 3.63) is 47.3 Å². The van der Waals surface area contributed by atoms with Gasteiger partial charge in [0.15, 0.2) is 5.69 Å². The number of amides is 1. The standard InChI is InChI=1S/C17H19N3O3/c1-3-23-17(22)16-14-11-19(12(2)21)10-9-15(14)20(18-16)13-7-5-4-6-8-13/h4-8H,3,9-11H2,1-2H3. The lowest BCUT2D eigenvalue weighted by Crippen LogP contribution is -2.35. The van der Waals surface area contributed by atoms with Gasteiger partial charge in [-0.15, -0.1) is 0 Å². The highest BCUT2D eigenvalue weighted by atomic mass is 16.5. The molecular weight excluding hydrogens is 294 g/mol. The van der Waals surface area contributed by atoms with Crippen molar-refractivity contribution in [2.75, 3.05) is 13.2 Å². The number of hydrogen-bond donors (Lipinski definition) is 0. The van der Waals surface area contributed by atoms with Crippen molar-refractivity contribution < 1.29 is 14.3 Å². The second-order valence-corrected chi connectivity index (χ2v) is 5.43. The summed E-state index contributed by atoms with van der Waals surface area (Å²) in [5.74, 6) is -0.443. The number of esters is 1. The van der Waals surface area contributed by atoms with Crippen LogP contribution in [0.2, 0.25) is 0 Å². The minimum absolute atomic E-state index is 0.00193. The van der Waals surface area contributed by atoms with E-state index >= 15 is 0 Å². The van der Waals surface area contributed by atoms with E-state index in [2.05, 4.69) is 5.10 Å². The Labute approximate surface area is 134 Å². The number of hydrogen-bond acceptors (Lipinski definition) is 4. The van der Waals surface area contributed by atoms with Crippen molar-refractivity contribution in [1.82, 2.24) is 14.7 Å². The molecule has 2 heterocycles. The number of fused-ring (bicyclic) bond motifs is 1. The zero-order chi connectivity index (χ0) is 16.4. The molecule has 0 aliphatic carbocycles. The number of para-hydroxylation sites is 1. The lowest BCUT2D eigenvalue weighted by atomic mass is 10.0. The van der Waals surface area contributed by atoms with Gasteiger partial charge in [-0.05, 0) is 19.1 Å². The summed E-state index contributed by atoms with van der Waals surface area (Å²) in [7, 11) is 0. The highest BCUT2D eigenvalue weighted by molar-refractivity contribution is 5.89. The summed E-state index contributed by atoms with van der Waals surface area (Å²) in [6, 6.07) is 9.68. The molecule has 0 spiro atoms. The number of benzene rings is 1. The van der Waals surface area contributed by atoms with Crippen LogP contribution in [0.1, 0.15) is 35.6 Å². The van der Waals surface area contributed by atoms with Crippen molar-refractivity contribution in [3.8, 4) is 5.69 Å². The van der Waals surface area contributed by atoms with Crippen molar-refractivity contribution in [2.24, 2.45) is 0 Å². The van der Waals surface area contributed by atoms with Gasteiger partial charge in [-0.3, -0.25) is 4.79 Å². The number of rotatable bonds is 3. The predicted octanol–water partition coefficient (Wildman–Crippen LogP) is 1.95. The molecule has 0 fully saturated rings. The third-order valence-electron chi connectivity index (χ3n) is 3.97. The van der Waals surface area contributed by atoms with E-state index in [-0.39, 0.29) is 5.91 Å². The molecule has 0 saturated heterocycles. The normalized spacial score (nSPS) is 13.6. The Hall–Kier alpha value is -2.63. The van der Waals surface area contributed by atoms with Gasteiger partial charge in [0.05, 0.1) is 18.0 Å². The van der Waals surface area contributed by atoms with Crippen LogP contribution in [0.4, 0.5) is 0 Å². The molecular formula is C17H19N3O3. The molecule has 0 unspecified atom stereocenters. The van der Waals surface area contributed by atoms with Gasteiger partial charge < -0.3 is 9.64 Å². The number of nitrogens with zero attached hydrogens (tertiary/aromatic N) is 3. The zero-order valence-corrected chi connectivity index (χ0v) is 13.3. The van der Waals surface area contributed by atoms with Crippen LogP contribution in [0.5, 0.6) is 0 Å². The quantitative estimate of drug-likeness (QED) is 0.813. The summed E-state index contributed by atoms with van der Waals surface area (Å²) < 4.78 is 6.91. The Kier molecular flexibility index (Phi) is 4.14. The molecule has 1 aliphatic rings. The summed E-state index contributed by atoms with van der Waals surface area (Å²) in [6.07, 6.45) is 0.663. The minimum Gasteiger partial charge on any atom is -0.461 e. The minimum atomic E-state index is -0.441. The SMILES string of the molecule is CCOC(=O)c1nn(-c2ccccc2)c2c1CN(C(C)=O)CC2. The molecule has 1 aromatic carbocycles. The van der Waals surface area contributed by atoms with E-state index in [9.17, 15) is 9.59 Å². The number of carbonyl (C=O) groups is 2. The fraction of sp³-hybridized carbons (Fsp3) is 0.353. The molecule has 0 atom stereocenters. The Bertz CT molecular complexity index is 737. The molecule has 1 aromatic heterocycles. The molecule has 2 aromatic rings. The Morgan fingerprint density at radius 2 is 2.00 bits per heavy atom. The number of ether oxygens (including phenoxy) is 1. The molecule has 0 radical (unpaired) electrons. The van der Waals surface area contributed by atoms with Gasteiger partial charge in [0.2, 0.25) is 5.91 Å². The van der Waals surface area contributed by atoms with Crippen LogP contribution in [-0.4, -0.2) is 39.7 Å². The maximum Gasteiger partial charge on any atom is 0.359 e. The lowest BCUT2D eigenvalue weighted by Gasteiger charge is -2.26. The van der Waals surface area contributed by atoms with Crippen molar-refractivity contribution >= 4 is 11.9 Å². The second kappa shape index (κ2) is 6.24. The van der Waals surface area contributed by atoms with Crippen LogP contribution in [-0.2, 0) is 22.5 Å². The van der Waals surface area contributed by atoms with Gasteiger partial charge in [0.1, 0.15) is 0 Å². The van der Waals surface area contributed by atoms with E-state index in [0.717, 1.165) is 16.9 Å². The van der Waals surface area contributed by atoms with Crippen molar-refractivity contribution in [3.63, 3.8) is 0 Å². The highest BCUT2D eigenvalue weighted by Crippen LogP contribution is 2.26. The molecule has 23 heavy (non-hydrogen) atoms. The Morgan fingerprint density at radius 1 is 1.26 bits per heavy atom. The van der Waals surface area contributed by atoms with Gasteiger partial charge in [-0.2, -0.15) is 5.10 Å². The summed E-state index contributed by atoms with van der Waals surface area (Å²) in [4.78, 5) is 25.6. The van der Waals surface area contributed by atoms with Crippen LogP contribution >= 0.6 is 0 Å². The predicted molar refractivity (Wildman–Crippen MR) is 84.3 cm³/mol. The summed E-state index contributed by atoms with van der Waals surface area (Å²) in [5.41, 5.74) is 2.96. The fourth-order valence-electron chi connectivity index (χ4n) is 2.83. The average molecular weight is 313 g/mol. The first-order chi connectivity index (χ1) is 11.1. The molecule has 3 rings (SSSR count). The maximum atomic E-state index is 12.2. The first-order valence-electron chi connectivity index (χ1n) is 7.70. The van der Waals surface area contributed by atoms with Gasteiger partial charge >= 0.3 is 5.97 Å². The van der Waals surface area contributed by atoms with Crippen LogP contribution in [0, 0.1) is 0 Å². The summed E-state index contributed by atoms with van der Waals surface area (Å²) >= 11 is 0. The average Bonchev–Trinajstić information content (AvgIpc) is 2.94. The monoisotopic (exact) mass is 313 g/mol. The second-order valence-electron chi connectivity index (χ2n) is 5.43. The van der Waals surface area contributed by atoms with E-state index in [1.807, 2.05) is 30.3 Å². The van der Waals surface area contributed by atoms with Crippen LogP contribution < -0.4 is 0 Å². The third-order valence-corrected chi connectivity index (χ3v) is 3.97. The lowest BCUT2D eigenvalue weighted by molar-refractivity contribution is -0.129. The summed E-state index contributed by atoms with van der Waals surface area (Å²) in [5, 5.41) is 4.48. The summed E-state index contributed by atoms with van der Waals surface area (Å²) in [6.45, 7) is 4.62.